The summed E-state index contributed by atoms with van der Waals surface area (Å²) in [5.74, 6) is -0.267. The summed E-state index contributed by atoms with van der Waals surface area (Å²) in [7, 11) is 0. The molecule has 1 aromatic carbocycles. The fourth-order valence-electron chi connectivity index (χ4n) is 4.83. The van der Waals surface area contributed by atoms with Crippen molar-refractivity contribution in [2.45, 2.75) is 44.7 Å². The zero-order valence-corrected chi connectivity index (χ0v) is 16.6. The van der Waals surface area contributed by atoms with E-state index in [1.807, 2.05) is 18.2 Å². The molecule has 5 rings (SSSR count). The SMILES string of the molecule is O=CCC1CCN(c2ccc3c4c(oc3c2)C(=O)N(C2CCC(=O)NC2=O)C4)CC1. The first-order chi connectivity index (χ1) is 14.5. The molecule has 2 fully saturated rings. The number of furan rings is 1. The number of carbonyl (C=O) groups is 4. The van der Waals surface area contributed by atoms with E-state index in [1.165, 1.54) is 4.90 Å². The second kappa shape index (κ2) is 7.27. The molecule has 1 atom stereocenters. The van der Waals surface area contributed by atoms with E-state index < -0.39 is 11.9 Å². The molecule has 2 aromatic rings. The van der Waals surface area contributed by atoms with Crippen molar-refractivity contribution < 1.29 is 23.6 Å². The highest BCUT2D eigenvalue weighted by atomic mass is 16.3. The Hall–Kier alpha value is -3.16. The quantitative estimate of drug-likeness (QED) is 0.612. The maximum atomic E-state index is 12.9. The van der Waals surface area contributed by atoms with Gasteiger partial charge in [-0.1, -0.05) is 0 Å². The van der Waals surface area contributed by atoms with Crippen LogP contribution in [0.5, 0.6) is 0 Å². The Morgan fingerprint density at radius 3 is 2.67 bits per heavy atom. The molecule has 1 N–H and O–H groups in total. The molecule has 4 heterocycles. The van der Waals surface area contributed by atoms with E-state index in [4.69, 9.17) is 4.42 Å². The van der Waals surface area contributed by atoms with Crippen LogP contribution in [0.1, 0.15) is 48.2 Å². The number of nitrogens with one attached hydrogen (secondary N) is 1. The van der Waals surface area contributed by atoms with Gasteiger partial charge in [0.25, 0.3) is 5.91 Å². The van der Waals surface area contributed by atoms with Gasteiger partial charge in [-0.3, -0.25) is 19.7 Å². The van der Waals surface area contributed by atoms with Crippen molar-refractivity contribution in [2.24, 2.45) is 5.92 Å². The first-order valence-corrected chi connectivity index (χ1v) is 10.4. The summed E-state index contributed by atoms with van der Waals surface area (Å²) in [6.07, 6.45) is 4.18. The number of nitrogens with zero attached hydrogens (tertiary/aromatic N) is 2. The molecule has 1 aromatic heterocycles. The smallest absolute Gasteiger partial charge is 0.290 e. The van der Waals surface area contributed by atoms with Crippen molar-refractivity contribution in [3.63, 3.8) is 0 Å². The Labute approximate surface area is 173 Å². The number of anilines is 1. The number of fused-ring (bicyclic) bond motifs is 3. The molecule has 0 radical (unpaired) electrons. The van der Waals surface area contributed by atoms with E-state index in [0.717, 1.165) is 48.9 Å². The van der Waals surface area contributed by atoms with Crippen molar-refractivity contribution in [1.82, 2.24) is 10.2 Å². The standard InChI is InChI=1S/C22H23N3O5/c26-10-7-13-5-8-24(9-6-13)14-1-2-15-16-12-25(17-3-4-19(27)23-21(17)28)22(29)20(16)30-18(15)11-14/h1-2,10-11,13,17H,3-9,12H2,(H,23,27,28). The zero-order valence-electron chi connectivity index (χ0n) is 16.6. The van der Waals surface area contributed by atoms with Gasteiger partial charge in [-0.25, -0.2) is 0 Å². The molecule has 3 aliphatic heterocycles. The maximum Gasteiger partial charge on any atom is 0.290 e. The molecule has 1 unspecified atom stereocenters. The normalized spacial score (nSPS) is 22.5. The lowest BCUT2D eigenvalue weighted by molar-refractivity contribution is -0.136. The zero-order chi connectivity index (χ0) is 20.8. The minimum Gasteiger partial charge on any atom is -0.450 e. The maximum absolute atomic E-state index is 12.9. The summed E-state index contributed by atoms with van der Waals surface area (Å²) in [5, 5.41) is 3.19. The van der Waals surface area contributed by atoms with Crippen molar-refractivity contribution in [1.29, 1.82) is 0 Å². The van der Waals surface area contributed by atoms with Crippen LogP contribution in [-0.4, -0.2) is 48.0 Å². The summed E-state index contributed by atoms with van der Waals surface area (Å²) in [6, 6.07) is 5.35. The molecular weight excluding hydrogens is 386 g/mol. The van der Waals surface area contributed by atoms with Crippen LogP contribution in [0.15, 0.2) is 22.6 Å². The van der Waals surface area contributed by atoms with Crippen molar-refractivity contribution >= 4 is 40.7 Å². The Morgan fingerprint density at radius 2 is 1.93 bits per heavy atom. The second-order valence-corrected chi connectivity index (χ2v) is 8.32. The Bertz CT molecular complexity index is 1050. The first kappa shape index (κ1) is 18.8. The predicted molar refractivity (Wildman–Crippen MR) is 108 cm³/mol. The minimum absolute atomic E-state index is 0.231. The third-order valence-electron chi connectivity index (χ3n) is 6.56. The van der Waals surface area contributed by atoms with Gasteiger partial charge in [0.2, 0.25) is 11.8 Å². The van der Waals surface area contributed by atoms with Gasteiger partial charge in [-0.05, 0) is 37.3 Å². The second-order valence-electron chi connectivity index (χ2n) is 8.32. The molecule has 0 spiro atoms. The number of benzene rings is 1. The fraction of sp³-hybridized carbons (Fsp3) is 0.455. The van der Waals surface area contributed by atoms with Crippen LogP contribution in [0.2, 0.25) is 0 Å². The fourth-order valence-corrected chi connectivity index (χ4v) is 4.83. The molecular formula is C22H23N3O5. The summed E-state index contributed by atoms with van der Waals surface area (Å²) in [5.41, 5.74) is 2.52. The summed E-state index contributed by atoms with van der Waals surface area (Å²) in [6.45, 7) is 2.10. The highest BCUT2D eigenvalue weighted by molar-refractivity contribution is 6.07. The molecule has 2 saturated heterocycles. The van der Waals surface area contributed by atoms with Crippen molar-refractivity contribution in [2.75, 3.05) is 18.0 Å². The van der Waals surface area contributed by atoms with Crippen LogP contribution in [-0.2, 0) is 20.9 Å². The third kappa shape index (κ3) is 3.07. The number of hydrogen-bond acceptors (Lipinski definition) is 6. The van der Waals surface area contributed by atoms with Crippen LogP contribution in [0.25, 0.3) is 11.0 Å². The number of carbonyl (C=O) groups excluding carboxylic acids is 4. The Morgan fingerprint density at radius 1 is 1.13 bits per heavy atom. The third-order valence-corrected chi connectivity index (χ3v) is 6.56. The van der Waals surface area contributed by atoms with E-state index in [0.29, 0.717) is 30.9 Å². The van der Waals surface area contributed by atoms with Gasteiger partial charge in [0.05, 0.1) is 6.54 Å². The number of imide groups is 1. The molecule has 30 heavy (non-hydrogen) atoms. The average molecular weight is 409 g/mol. The molecule has 0 bridgehead atoms. The largest absolute Gasteiger partial charge is 0.450 e. The van der Waals surface area contributed by atoms with Crippen molar-refractivity contribution in [3.8, 4) is 0 Å². The Kier molecular flexibility index (Phi) is 4.56. The number of rotatable bonds is 4. The van der Waals surface area contributed by atoms with Crippen LogP contribution in [0.3, 0.4) is 0 Å². The lowest BCUT2D eigenvalue weighted by atomic mass is 9.94. The van der Waals surface area contributed by atoms with Gasteiger partial charge in [0, 0.05) is 48.6 Å². The lowest BCUT2D eigenvalue weighted by Gasteiger charge is -2.33. The molecule has 0 aliphatic carbocycles. The molecule has 8 heteroatoms. The van der Waals surface area contributed by atoms with Gasteiger partial charge in [0.15, 0.2) is 5.76 Å². The van der Waals surface area contributed by atoms with Crippen LogP contribution in [0, 0.1) is 5.92 Å². The van der Waals surface area contributed by atoms with Gasteiger partial charge >= 0.3 is 0 Å². The van der Waals surface area contributed by atoms with Crippen LogP contribution < -0.4 is 10.2 Å². The van der Waals surface area contributed by atoms with Crippen LogP contribution in [0.4, 0.5) is 5.69 Å². The highest BCUT2D eigenvalue weighted by Gasteiger charge is 2.42. The van der Waals surface area contributed by atoms with Gasteiger partial charge < -0.3 is 19.0 Å². The van der Waals surface area contributed by atoms with E-state index in [-0.39, 0.29) is 24.0 Å². The Balaban J connectivity index is 1.36. The summed E-state index contributed by atoms with van der Waals surface area (Å²) >= 11 is 0. The number of hydrogen-bond donors (Lipinski definition) is 1. The van der Waals surface area contributed by atoms with Gasteiger partial charge in [-0.2, -0.15) is 0 Å². The van der Waals surface area contributed by atoms with Gasteiger partial charge in [-0.15, -0.1) is 0 Å². The van der Waals surface area contributed by atoms with E-state index in [2.05, 4.69) is 10.2 Å². The number of piperidine rings is 2. The average Bonchev–Trinajstić information content (AvgIpc) is 3.25. The predicted octanol–water partition coefficient (Wildman–Crippen LogP) is 2.00. The molecule has 156 valence electrons. The number of amides is 3. The van der Waals surface area contributed by atoms with E-state index in [9.17, 15) is 19.2 Å². The molecule has 3 aliphatic rings. The van der Waals surface area contributed by atoms with Gasteiger partial charge in [0.1, 0.15) is 17.9 Å². The van der Waals surface area contributed by atoms with Crippen molar-refractivity contribution in [3.05, 3.63) is 29.5 Å². The lowest BCUT2D eigenvalue weighted by Crippen LogP contribution is -2.52. The minimum atomic E-state index is -0.639. The van der Waals surface area contributed by atoms with E-state index >= 15 is 0 Å². The number of aldehydes is 1. The van der Waals surface area contributed by atoms with E-state index in [1.54, 1.807) is 0 Å². The monoisotopic (exact) mass is 409 g/mol. The summed E-state index contributed by atoms with van der Waals surface area (Å²) in [4.78, 5) is 51.0. The molecule has 3 amide bonds. The first-order valence-electron chi connectivity index (χ1n) is 10.4. The summed E-state index contributed by atoms with van der Waals surface area (Å²) < 4.78 is 5.93. The molecule has 0 saturated carbocycles. The van der Waals surface area contributed by atoms with Crippen LogP contribution >= 0.6 is 0 Å². The highest BCUT2D eigenvalue weighted by Crippen LogP contribution is 2.37. The molecule has 8 nitrogen and oxygen atoms in total. The topological polar surface area (TPSA) is 99.9 Å².